The molecule has 0 saturated carbocycles. The van der Waals surface area contributed by atoms with Gasteiger partial charge in [0.25, 0.3) is 0 Å². The van der Waals surface area contributed by atoms with Crippen LogP contribution in [0.25, 0.3) is 10.4 Å². The van der Waals surface area contributed by atoms with Gasteiger partial charge in [-0.15, -0.1) is 0 Å². The average Bonchev–Trinajstić information content (AvgIpc) is 2.92. The molecule has 1 aliphatic heterocycles. The van der Waals surface area contributed by atoms with Crippen LogP contribution in [0, 0.1) is 0 Å². The fraction of sp³-hybridized carbons (Fsp3) is 0.562. The molecule has 1 aromatic heterocycles. The zero-order valence-corrected chi connectivity index (χ0v) is 15.6. The van der Waals surface area contributed by atoms with E-state index in [0.29, 0.717) is 0 Å². The third-order valence-electron chi connectivity index (χ3n) is 4.47. The second-order valence-electron chi connectivity index (χ2n) is 7.28. The summed E-state index contributed by atoms with van der Waals surface area (Å²) in [5.41, 5.74) is 9.19. The van der Waals surface area contributed by atoms with Gasteiger partial charge in [-0.2, -0.15) is 0 Å². The van der Waals surface area contributed by atoms with Gasteiger partial charge in [-0.3, -0.25) is 0 Å². The van der Waals surface area contributed by atoms with Crippen molar-refractivity contribution < 1.29 is 4.43 Å². The molecular weight excluding hydrogens is 306 g/mol. The molecule has 0 N–H and O–H groups in total. The first-order valence-electron chi connectivity index (χ1n) is 7.86. The van der Waals surface area contributed by atoms with Crippen molar-refractivity contribution in [1.82, 2.24) is 4.98 Å². The van der Waals surface area contributed by atoms with Crippen molar-refractivity contribution in [2.45, 2.75) is 51.9 Å². The SMILES string of the molecule is CC(C)(C)[Si](C)(C)OC1=CN(c2cccc(CN=[N+]=[N-])n2)CC1. The van der Waals surface area contributed by atoms with E-state index in [0.717, 1.165) is 30.2 Å². The Balaban J connectivity index is 2.12. The van der Waals surface area contributed by atoms with Crippen LogP contribution in [0.1, 0.15) is 32.9 Å². The molecule has 1 aliphatic rings. The monoisotopic (exact) mass is 331 g/mol. The number of azide groups is 1. The molecule has 0 radical (unpaired) electrons. The highest BCUT2D eigenvalue weighted by Gasteiger charge is 2.40. The molecule has 1 aromatic rings. The smallest absolute Gasteiger partial charge is 0.250 e. The average molecular weight is 331 g/mol. The first-order valence-corrected chi connectivity index (χ1v) is 10.8. The van der Waals surface area contributed by atoms with Crippen LogP contribution < -0.4 is 4.90 Å². The standard InChI is InChI=1S/C16H25N5OSi/c1-16(2,3)23(4,5)22-14-9-10-21(12-14)15-8-6-7-13(19-15)11-18-20-17/h6-8,12H,9-11H2,1-5H3. The van der Waals surface area contributed by atoms with Crippen molar-refractivity contribution in [3.8, 4) is 0 Å². The largest absolute Gasteiger partial charge is 0.545 e. The molecule has 23 heavy (non-hydrogen) atoms. The zero-order valence-electron chi connectivity index (χ0n) is 14.6. The van der Waals surface area contributed by atoms with E-state index in [1.165, 1.54) is 0 Å². The number of nitrogens with zero attached hydrogens (tertiary/aromatic N) is 5. The number of hydrogen-bond donors (Lipinski definition) is 0. The number of hydrogen-bond acceptors (Lipinski definition) is 4. The fourth-order valence-corrected chi connectivity index (χ4v) is 3.21. The van der Waals surface area contributed by atoms with E-state index in [9.17, 15) is 0 Å². The molecule has 0 aromatic carbocycles. The topological polar surface area (TPSA) is 74.1 Å². The van der Waals surface area contributed by atoms with Crippen LogP contribution in [0.15, 0.2) is 35.3 Å². The number of pyridine rings is 1. The lowest BCUT2D eigenvalue weighted by molar-refractivity contribution is 0.375. The Morgan fingerprint density at radius 3 is 2.78 bits per heavy atom. The van der Waals surface area contributed by atoms with Crippen LogP contribution in [0.4, 0.5) is 5.82 Å². The molecule has 7 heteroatoms. The van der Waals surface area contributed by atoms with Crippen molar-refractivity contribution in [3.05, 3.63) is 46.3 Å². The molecule has 0 unspecified atom stereocenters. The van der Waals surface area contributed by atoms with Crippen molar-refractivity contribution in [1.29, 1.82) is 0 Å². The highest BCUT2D eigenvalue weighted by molar-refractivity contribution is 6.74. The minimum Gasteiger partial charge on any atom is -0.545 e. The van der Waals surface area contributed by atoms with E-state index in [-0.39, 0.29) is 11.6 Å². The van der Waals surface area contributed by atoms with E-state index in [1.54, 1.807) is 0 Å². The summed E-state index contributed by atoms with van der Waals surface area (Å²) in [5, 5.41) is 3.75. The third kappa shape index (κ3) is 4.27. The predicted molar refractivity (Wildman–Crippen MR) is 95.4 cm³/mol. The highest BCUT2D eigenvalue weighted by atomic mass is 28.4. The Labute approximate surface area is 138 Å². The number of aromatic nitrogens is 1. The normalized spacial score (nSPS) is 15.2. The molecule has 0 bridgehead atoms. The Kier molecular flexibility index (Phi) is 5.02. The van der Waals surface area contributed by atoms with Gasteiger partial charge in [-0.25, -0.2) is 4.98 Å². The highest BCUT2D eigenvalue weighted by Crippen LogP contribution is 2.39. The van der Waals surface area contributed by atoms with Crippen LogP contribution in [0.2, 0.25) is 18.1 Å². The van der Waals surface area contributed by atoms with Crippen LogP contribution in [-0.4, -0.2) is 19.8 Å². The summed E-state index contributed by atoms with van der Waals surface area (Å²) < 4.78 is 6.37. The minimum absolute atomic E-state index is 0.189. The maximum absolute atomic E-state index is 8.41. The van der Waals surface area contributed by atoms with Gasteiger partial charge in [-0.05, 0) is 35.8 Å². The summed E-state index contributed by atoms with van der Waals surface area (Å²) in [6.45, 7) is 12.4. The third-order valence-corrected chi connectivity index (χ3v) is 8.86. The van der Waals surface area contributed by atoms with E-state index in [4.69, 9.17) is 9.96 Å². The van der Waals surface area contributed by atoms with Crippen LogP contribution in [0.5, 0.6) is 0 Å². The molecule has 0 aliphatic carbocycles. The zero-order chi connectivity index (χ0) is 17.1. The van der Waals surface area contributed by atoms with Gasteiger partial charge in [0.2, 0.25) is 8.32 Å². The lowest BCUT2D eigenvalue weighted by Crippen LogP contribution is -2.40. The molecule has 0 atom stereocenters. The molecular formula is C16H25N5OSi. The van der Waals surface area contributed by atoms with Crippen LogP contribution >= 0.6 is 0 Å². The Bertz CT molecular complexity index is 644. The first-order chi connectivity index (χ1) is 10.7. The molecule has 124 valence electrons. The lowest BCUT2D eigenvalue weighted by Gasteiger charge is -2.36. The van der Waals surface area contributed by atoms with Gasteiger partial charge >= 0.3 is 0 Å². The van der Waals surface area contributed by atoms with Gasteiger partial charge < -0.3 is 9.33 Å². The van der Waals surface area contributed by atoms with Crippen molar-refractivity contribution >= 4 is 14.1 Å². The first kappa shape index (κ1) is 17.4. The molecule has 0 saturated heterocycles. The van der Waals surface area contributed by atoms with Gasteiger partial charge in [0, 0.05) is 29.8 Å². The van der Waals surface area contributed by atoms with Crippen molar-refractivity contribution in [3.63, 3.8) is 0 Å². The fourth-order valence-electron chi connectivity index (χ4n) is 2.09. The van der Waals surface area contributed by atoms with Gasteiger partial charge in [0.15, 0.2) is 0 Å². The number of anilines is 1. The Morgan fingerprint density at radius 1 is 1.39 bits per heavy atom. The van der Waals surface area contributed by atoms with Crippen LogP contribution in [0.3, 0.4) is 0 Å². The molecule has 6 nitrogen and oxygen atoms in total. The van der Waals surface area contributed by atoms with Crippen molar-refractivity contribution in [2.75, 3.05) is 11.4 Å². The number of rotatable bonds is 5. The minimum atomic E-state index is -1.80. The Morgan fingerprint density at radius 2 is 2.13 bits per heavy atom. The second kappa shape index (κ2) is 6.64. The van der Waals surface area contributed by atoms with E-state index in [1.807, 2.05) is 18.2 Å². The maximum Gasteiger partial charge on any atom is 0.250 e. The summed E-state index contributed by atoms with van der Waals surface area (Å²) in [5.74, 6) is 1.91. The summed E-state index contributed by atoms with van der Waals surface area (Å²) in [6, 6.07) is 5.77. The molecule has 2 heterocycles. The Hall–Kier alpha value is -1.98. The van der Waals surface area contributed by atoms with Crippen molar-refractivity contribution in [2.24, 2.45) is 5.11 Å². The summed E-state index contributed by atoms with van der Waals surface area (Å²) >= 11 is 0. The van der Waals surface area contributed by atoms with Gasteiger partial charge in [0.05, 0.1) is 12.3 Å². The molecule has 2 rings (SSSR count). The predicted octanol–water partition coefficient (Wildman–Crippen LogP) is 4.97. The van der Waals surface area contributed by atoms with E-state index in [2.05, 4.69) is 60.0 Å². The quantitative estimate of drug-likeness (QED) is 0.331. The van der Waals surface area contributed by atoms with E-state index < -0.39 is 8.32 Å². The molecule has 0 amide bonds. The van der Waals surface area contributed by atoms with Crippen LogP contribution in [-0.2, 0) is 11.0 Å². The maximum atomic E-state index is 8.41. The molecule has 0 fully saturated rings. The summed E-state index contributed by atoms with van der Waals surface area (Å²) in [4.78, 5) is 9.42. The van der Waals surface area contributed by atoms with Gasteiger partial charge in [-0.1, -0.05) is 32.0 Å². The summed E-state index contributed by atoms with van der Waals surface area (Å²) in [6.07, 6.45) is 2.95. The lowest BCUT2D eigenvalue weighted by atomic mass is 10.2. The van der Waals surface area contributed by atoms with Gasteiger partial charge in [0.1, 0.15) is 5.82 Å². The second-order valence-corrected chi connectivity index (χ2v) is 12.0. The van der Waals surface area contributed by atoms with E-state index >= 15 is 0 Å². The molecule has 0 spiro atoms. The summed E-state index contributed by atoms with van der Waals surface area (Å²) in [7, 11) is -1.80.